The zero-order chi connectivity index (χ0) is 12.1. The minimum atomic E-state index is 0.917. The number of piperidine rings is 1. The van der Waals surface area contributed by atoms with Crippen LogP contribution in [-0.2, 0) is 13.6 Å². The maximum absolute atomic E-state index is 4.39. The van der Waals surface area contributed by atoms with E-state index >= 15 is 0 Å². The van der Waals surface area contributed by atoms with Crippen LogP contribution in [0.4, 0.5) is 0 Å². The lowest BCUT2D eigenvalue weighted by atomic mass is 9.93. The average molecular weight is 236 g/mol. The van der Waals surface area contributed by atoms with Gasteiger partial charge in [0.15, 0.2) is 0 Å². The van der Waals surface area contributed by atoms with E-state index < -0.39 is 0 Å². The van der Waals surface area contributed by atoms with Gasteiger partial charge in [0, 0.05) is 19.4 Å². The van der Waals surface area contributed by atoms with Crippen LogP contribution >= 0.6 is 0 Å². The first-order valence-electron chi connectivity index (χ1n) is 6.62. The Hall–Kier alpha value is -0.870. The lowest BCUT2D eigenvalue weighted by molar-refractivity contribution is 0.168. The third-order valence-corrected chi connectivity index (χ3v) is 3.80. The second-order valence-corrected chi connectivity index (χ2v) is 5.07. The number of aryl methyl sites for hydroxylation is 1. The molecule has 0 atom stereocenters. The van der Waals surface area contributed by atoms with E-state index in [0.29, 0.717) is 0 Å². The SMILES string of the molecule is CNCCC1CCN(Cc2nccn2C)CC1. The van der Waals surface area contributed by atoms with Crippen molar-refractivity contribution in [1.29, 1.82) is 0 Å². The monoisotopic (exact) mass is 236 g/mol. The van der Waals surface area contributed by atoms with Crippen LogP contribution in [-0.4, -0.2) is 41.1 Å². The number of aromatic nitrogens is 2. The molecule has 0 aromatic carbocycles. The summed E-state index contributed by atoms with van der Waals surface area (Å²) in [6.07, 6.45) is 7.91. The minimum Gasteiger partial charge on any atom is -0.337 e. The van der Waals surface area contributed by atoms with Crippen LogP contribution in [0.2, 0.25) is 0 Å². The molecule has 1 aliphatic rings. The third-order valence-electron chi connectivity index (χ3n) is 3.80. The smallest absolute Gasteiger partial charge is 0.122 e. The van der Waals surface area contributed by atoms with Gasteiger partial charge in [-0.3, -0.25) is 4.90 Å². The fraction of sp³-hybridized carbons (Fsp3) is 0.769. The highest BCUT2D eigenvalue weighted by atomic mass is 15.2. The standard InChI is InChI=1S/C13H24N4/c1-14-6-3-12-4-8-17(9-5-12)11-13-15-7-10-16(13)2/h7,10,12,14H,3-6,8-9,11H2,1-2H3. The maximum atomic E-state index is 4.39. The van der Waals surface area contributed by atoms with Crippen LogP contribution in [0.3, 0.4) is 0 Å². The van der Waals surface area contributed by atoms with Crippen molar-refractivity contribution in [1.82, 2.24) is 19.8 Å². The normalized spacial score (nSPS) is 18.7. The van der Waals surface area contributed by atoms with E-state index in [1.807, 2.05) is 19.4 Å². The van der Waals surface area contributed by atoms with Gasteiger partial charge in [0.05, 0.1) is 6.54 Å². The Kier molecular flexibility index (Phi) is 4.57. The molecule has 1 aliphatic heterocycles. The molecule has 0 bridgehead atoms. The number of rotatable bonds is 5. The summed E-state index contributed by atoms with van der Waals surface area (Å²) in [5, 5.41) is 3.24. The molecule has 2 rings (SSSR count). The molecule has 0 radical (unpaired) electrons. The molecule has 0 unspecified atom stereocenters. The van der Waals surface area contributed by atoms with Crippen molar-refractivity contribution in [2.45, 2.75) is 25.8 Å². The van der Waals surface area contributed by atoms with Gasteiger partial charge in [0.1, 0.15) is 5.82 Å². The minimum absolute atomic E-state index is 0.917. The Balaban J connectivity index is 1.74. The molecule has 96 valence electrons. The van der Waals surface area contributed by atoms with Crippen molar-refractivity contribution in [3.63, 3.8) is 0 Å². The number of hydrogen-bond donors (Lipinski definition) is 1. The Morgan fingerprint density at radius 3 is 2.76 bits per heavy atom. The summed E-state index contributed by atoms with van der Waals surface area (Å²) in [5.74, 6) is 2.10. The molecule has 2 heterocycles. The van der Waals surface area contributed by atoms with Gasteiger partial charge in [-0.2, -0.15) is 0 Å². The van der Waals surface area contributed by atoms with Crippen LogP contribution in [0.15, 0.2) is 12.4 Å². The van der Waals surface area contributed by atoms with Crippen LogP contribution in [0, 0.1) is 5.92 Å². The van der Waals surface area contributed by atoms with Crippen molar-refractivity contribution in [3.05, 3.63) is 18.2 Å². The van der Waals surface area contributed by atoms with E-state index in [4.69, 9.17) is 0 Å². The highest BCUT2D eigenvalue weighted by Gasteiger charge is 2.19. The summed E-state index contributed by atoms with van der Waals surface area (Å²) in [6, 6.07) is 0. The van der Waals surface area contributed by atoms with E-state index in [1.54, 1.807) is 0 Å². The lowest BCUT2D eigenvalue weighted by Crippen LogP contribution is -2.34. The number of nitrogens with zero attached hydrogens (tertiary/aromatic N) is 3. The van der Waals surface area contributed by atoms with Gasteiger partial charge in [-0.25, -0.2) is 4.98 Å². The molecule has 0 aliphatic carbocycles. The van der Waals surface area contributed by atoms with Gasteiger partial charge in [-0.1, -0.05) is 0 Å². The highest BCUT2D eigenvalue weighted by Crippen LogP contribution is 2.20. The fourth-order valence-electron chi connectivity index (χ4n) is 2.53. The highest BCUT2D eigenvalue weighted by molar-refractivity contribution is 4.91. The number of hydrogen-bond acceptors (Lipinski definition) is 3. The third kappa shape index (κ3) is 3.54. The van der Waals surface area contributed by atoms with Crippen molar-refractivity contribution in [2.75, 3.05) is 26.7 Å². The quantitative estimate of drug-likeness (QED) is 0.835. The topological polar surface area (TPSA) is 33.1 Å². The zero-order valence-corrected chi connectivity index (χ0v) is 11.0. The van der Waals surface area contributed by atoms with Crippen molar-refractivity contribution < 1.29 is 0 Å². The summed E-state index contributed by atoms with van der Waals surface area (Å²) >= 11 is 0. The number of nitrogens with one attached hydrogen (secondary N) is 1. The van der Waals surface area contributed by atoms with Gasteiger partial charge in [-0.05, 0) is 51.9 Å². The average Bonchev–Trinajstić information content (AvgIpc) is 2.74. The summed E-state index contributed by atoms with van der Waals surface area (Å²) in [7, 11) is 4.11. The van der Waals surface area contributed by atoms with Gasteiger partial charge >= 0.3 is 0 Å². The predicted octanol–water partition coefficient (Wildman–Crippen LogP) is 1.24. The molecule has 4 nitrogen and oxygen atoms in total. The summed E-state index contributed by atoms with van der Waals surface area (Å²) < 4.78 is 2.12. The van der Waals surface area contributed by atoms with E-state index in [2.05, 4.69) is 26.8 Å². The second-order valence-electron chi connectivity index (χ2n) is 5.07. The molecular formula is C13H24N4. The van der Waals surface area contributed by atoms with Crippen molar-refractivity contribution in [2.24, 2.45) is 13.0 Å². The molecule has 0 saturated carbocycles. The van der Waals surface area contributed by atoms with E-state index in [1.165, 1.54) is 38.2 Å². The van der Waals surface area contributed by atoms with Crippen LogP contribution < -0.4 is 5.32 Å². The van der Waals surface area contributed by atoms with Gasteiger partial charge in [0.25, 0.3) is 0 Å². The number of imidazole rings is 1. The van der Waals surface area contributed by atoms with Gasteiger partial charge < -0.3 is 9.88 Å². The molecule has 1 aromatic rings. The second kappa shape index (κ2) is 6.17. The predicted molar refractivity (Wildman–Crippen MR) is 69.8 cm³/mol. The molecule has 17 heavy (non-hydrogen) atoms. The fourth-order valence-corrected chi connectivity index (χ4v) is 2.53. The molecular weight excluding hydrogens is 212 g/mol. The molecule has 0 spiro atoms. The Bertz CT molecular complexity index is 326. The maximum Gasteiger partial charge on any atom is 0.122 e. The molecule has 1 saturated heterocycles. The summed E-state index contributed by atoms with van der Waals surface area (Å²) in [6.45, 7) is 4.61. The lowest BCUT2D eigenvalue weighted by Gasteiger charge is -2.31. The Morgan fingerprint density at radius 2 is 2.18 bits per heavy atom. The van der Waals surface area contributed by atoms with E-state index in [9.17, 15) is 0 Å². The molecule has 1 aromatic heterocycles. The summed E-state index contributed by atoms with van der Waals surface area (Å²) in [5.41, 5.74) is 0. The molecule has 1 fully saturated rings. The molecule has 4 heteroatoms. The first-order chi connectivity index (χ1) is 8.29. The largest absolute Gasteiger partial charge is 0.337 e. The first-order valence-corrected chi connectivity index (χ1v) is 6.62. The van der Waals surface area contributed by atoms with Crippen LogP contribution in [0.5, 0.6) is 0 Å². The van der Waals surface area contributed by atoms with Crippen molar-refractivity contribution >= 4 is 0 Å². The van der Waals surface area contributed by atoms with E-state index in [-0.39, 0.29) is 0 Å². The molecule has 0 amide bonds. The van der Waals surface area contributed by atoms with E-state index in [0.717, 1.165) is 19.0 Å². The van der Waals surface area contributed by atoms with Gasteiger partial charge in [0.2, 0.25) is 0 Å². The zero-order valence-electron chi connectivity index (χ0n) is 11.0. The van der Waals surface area contributed by atoms with Gasteiger partial charge in [-0.15, -0.1) is 0 Å². The van der Waals surface area contributed by atoms with Crippen molar-refractivity contribution in [3.8, 4) is 0 Å². The molecule has 1 N–H and O–H groups in total. The Labute approximate surface area is 104 Å². The summed E-state index contributed by atoms with van der Waals surface area (Å²) in [4.78, 5) is 6.92. The Morgan fingerprint density at radius 1 is 1.41 bits per heavy atom. The first kappa shape index (κ1) is 12.6. The van der Waals surface area contributed by atoms with Crippen LogP contribution in [0.1, 0.15) is 25.1 Å². The number of likely N-dealkylation sites (tertiary alicyclic amines) is 1. The van der Waals surface area contributed by atoms with Crippen LogP contribution in [0.25, 0.3) is 0 Å².